The summed E-state index contributed by atoms with van der Waals surface area (Å²) in [5.74, 6) is 0.162. The molecule has 0 aliphatic carbocycles. The second-order valence-corrected chi connectivity index (χ2v) is 9.69. The Morgan fingerprint density at radius 2 is 1.40 bits per heavy atom. The molecule has 0 aliphatic rings. The van der Waals surface area contributed by atoms with E-state index in [1.165, 1.54) is 43.5 Å². The summed E-state index contributed by atoms with van der Waals surface area (Å²) in [7, 11) is -6.49. The van der Waals surface area contributed by atoms with Crippen LogP contribution >= 0.6 is 0 Å². The van der Waals surface area contributed by atoms with Gasteiger partial charge in [-0.3, -0.25) is 4.72 Å². The molecular formula is C19H20N4O5S2. The summed E-state index contributed by atoms with van der Waals surface area (Å²) in [4.78, 5) is 8.02. The number of aryl methyl sites for hydroxylation is 2. The topological polar surface area (TPSA) is 127 Å². The molecular weight excluding hydrogens is 428 g/mol. The fourth-order valence-corrected chi connectivity index (χ4v) is 4.88. The zero-order valence-electron chi connectivity index (χ0n) is 16.4. The van der Waals surface area contributed by atoms with Crippen molar-refractivity contribution in [2.75, 3.05) is 16.6 Å². The van der Waals surface area contributed by atoms with Crippen LogP contribution in [0.5, 0.6) is 5.75 Å². The van der Waals surface area contributed by atoms with Gasteiger partial charge < -0.3 is 4.74 Å². The number of nitrogens with one attached hydrogen (secondary N) is 2. The SMILES string of the molecule is COc1ccccc1S(=O)(=O)Nc1ccc(S(=O)(=O)Nc2nc(C)cc(C)n2)cc1. The molecule has 0 saturated carbocycles. The van der Waals surface area contributed by atoms with Crippen molar-refractivity contribution in [2.24, 2.45) is 0 Å². The Bertz CT molecular complexity index is 1250. The number of para-hydroxylation sites is 1. The molecule has 0 atom stereocenters. The molecule has 0 radical (unpaired) electrons. The van der Waals surface area contributed by atoms with Crippen LogP contribution in [0.25, 0.3) is 0 Å². The van der Waals surface area contributed by atoms with Crippen LogP contribution in [0.4, 0.5) is 11.6 Å². The predicted octanol–water partition coefficient (Wildman–Crippen LogP) is 2.70. The summed E-state index contributed by atoms with van der Waals surface area (Å²) in [6.07, 6.45) is 0. The van der Waals surface area contributed by atoms with Crippen LogP contribution in [0.3, 0.4) is 0 Å². The fourth-order valence-electron chi connectivity index (χ4n) is 2.70. The third-order valence-corrected chi connectivity index (χ3v) is 6.75. The van der Waals surface area contributed by atoms with E-state index in [1.54, 1.807) is 32.0 Å². The molecule has 1 heterocycles. The highest BCUT2D eigenvalue weighted by Gasteiger charge is 2.20. The molecule has 9 nitrogen and oxygen atoms in total. The molecule has 11 heteroatoms. The molecule has 1 aromatic heterocycles. The van der Waals surface area contributed by atoms with Crippen molar-refractivity contribution < 1.29 is 21.6 Å². The fraction of sp³-hybridized carbons (Fsp3) is 0.158. The van der Waals surface area contributed by atoms with Gasteiger partial charge in [0.05, 0.1) is 12.0 Å². The Morgan fingerprint density at radius 1 is 0.800 bits per heavy atom. The maximum atomic E-state index is 12.6. The van der Waals surface area contributed by atoms with E-state index in [-0.39, 0.29) is 27.2 Å². The van der Waals surface area contributed by atoms with Gasteiger partial charge in [-0.1, -0.05) is 12.1 Å². The van der Waals surface area contributed by atoms with Gasteiger partial charge in [0.15, 0.2) is 0 Å². The van der Waals surface area contributed by atoms with Gasteiger partial charge in [-0.25, -0.2) is 31.5 Å². The summed E-state index contributed by atoms with van der Waals surface area (Å²) in [5, 5.41) is 0. The van der Waals surface area contributed by atoms with Gasteiger partial charge in [0.25, 0.3) is 20.0 Å². The van der Waals surface area contributed by atoms with Crippen LogP contribution in [-0.4, -0.2) is 33.9 Å². The number of hydrogen-bond acceptors (Lipinski definition) is 7. The van der Waals surface area contributed by atoms with Crippen molar-refractivity contribution in [2.45, 2.75) is 23.6 Å². The standard InChI is InChI=1S/C19H20N4O5S2/c1-13-12-14(2)21-19(20-13)23-29(24,25)16-10-8-15(9-11-16)22-30(26,27)18-7-5-4-6-17(18)28-3/h4-12,22H,1-3H3,(H,20,21,23). The van der Waals surface area contributed by atoms with Gasteiger partial charge in [-0.2, -0.15) is 0 Å². The van der Waals surface area contributed by atoms with Crippen molar-refractivity contribution >= 4 is 31.7 Å². The molecule has 3 rings (SSSR count). The first-order chi connectivity index (χ1) is 14.1. The van der Waals surface area contributed by atoms with E-state index in [9.17, 15) is 16.8 Å². The monoisotopic (exact) mass is 448 g/mol. The zero-order chi connectivity index (χ0) is 21.9. The average Bonchev–Trinajstić information content (AvgIpc) is 2.67. The van der Waals surface area contributed by atoms with E-state index in [4.69, 9.17) is 4.74 Å². The van der Waals surface area contributed by atoms with Crippen molar-refractivity contribution in [3.05, 3.63) is 66.0 Å². The number of nitrogens with zero attached hydrogens (tertiary/aromatic N) is 2. The van der Waals surface area contributed by atoms with E-state index in [0.29, 0.717) is 11.4 Å². The molecule has 0 amide bonds. The van der Waals surface area contributed by atoms with Crippen LogP contribution in [0, 0.1) is 13.8 Å². The number of methoxy groups -OCH3 is 1. The maximum Gasteiger partial charge on any atom is 0.265 e. The summed E-state index contributed by atoms with van der Waals surface area (Å²) in [6.45, 7) is 3.46. The van der Waals surface area contributed by atoms with Crippen LogP contribution in [0.1, 0.15) is 11.4 Å². The highest BCUT2D eigenvalue weighted by molar-refractivity contribution is 7.93. The number of hydrogen-bond donors (Lipinski definition) is 2. The summed E-state index contributed by atoms with van der Waals surface area (Å²) >= 11 is 0. The molecule has 30 heavy (non-hydrogen) atoms. The zero-order valence-corrected chi connectivity index (χ0v) is 18.1. The summed E-state index contributed by atoms with van der Waals surface area (Å²) in [6, 6.07) is 13.2. The molecule has 0 fully saturated rings. The molecule has 0 aliphatic heterocycles. The minimum atomic E-state index is -3.94. The van der Waals surface area contributed by atoms with Crippen LogP contribution in [-0.2, 0) is 20.0 Å². The number of benzene rings is 2. The van der Waals surface area contributed by atoms with E-state index in [2.05, 4.69) is 19.4 Å². The number of anilines is 2. The maximum absolute atomic E-state index is 12.6. The third kappa shape index (κ3) is 4.86. The minimum Gasteiger partial charge on any atom is -0.495 e. The summed E-state index contributed by atoms with van der Waals surface area (Å²) in [5.41, 5.74) is 1.45. The van der Waals surface area contributed by atoms with Gasteiger partial charge in [-0.05, 0) is 56.3 Å². The molecule has 3 aromatic rings. The smallest absolute Gasteiger partial charge is 0.265 e. The Labute approximate surface area is 175 Å². The van der Waals surface area contributed by atoms with E-state index < -0.39 is 20.0 Å². The number of rotatable bonds is 7. The molecule has 2 N–H and O–H groups in total. The molecule has 0 saturated heterocycles. The Hall–Kier alpha value is -3.18. The highest BCUT2D eigenvalue weighted by Crippen LogP contribution is 2.26. The van der Waals surface area contributed by atoms with Crippen LogP contribution in [0.2, 0.25) is 0 Å². The number of ether oxygens (including phenoxy) is 1. The van der Waals surface area contributed by atoms with E-state index in [0.717, 1.165) is 0 Å². The van der Waals surface area contributed by atoms with Gasteiger partial charge >= 0.3 is 0 Å². The molecule has 2 aromatic carbocycles. The van der Waals surface area contributed by atoms with Gasteiger partial charge in [0, 0.05) is 17.1 Å². The van der Waals surface area contributed by atoms with Crippen LogP contribution < -0.4 is 14.2 Å². The molecule has 0 spiro atoms. The lowest BCUT2D eigenvalue weighted by atomic mass is 10.3. The van der Waals surface area contributed by atoms with Gasteiger partial charge in [-0.15, -0.1) is 0 Å². The lowest BCUT2D eigenvalue weighted by Crippen LogP contribution is -2.16. The molecule has 158 valence electrons. The van der Waals surface area contributed by atoms with Crippen LogP contribution in [0.15, 0.2) is 64.4 Å². The number of aromatic nitrogens is 2. The Morgan fingerprint density at radius 3 is 2.00 bits per heavy atom. The quantitative estimate of drug-likeness (QED) is 0.569. The highest BCUT2D eigenvalue weighted by atomic mass is 32.2. The minimum absolute atomic E-state index is 0.0298. The lowest BCUT2D eigenvalue weighted by molar-refractivity contribution is 0.403. The van der Waals surface area contributed by atoms with Crippen molar-refractivity contribution in [3.8, 4) is 5.75 Å². The van der Waals surface area contributed by atoms with E-state index >= 15 is 0 Å². The van der Waals surface area contributed by atoms with Crippen molar-refractivity contribution in [3.63, 3.8) is 0 Å². The molecule has 0 unspecified atom stereocenters. The largest absolute Gasteiger partial charge is 0.495 e. The second-order valence-electron chi connectivity index (χ2n) is 6.36. The first-order valence-electron chi connectivity index (χ1n) is 8.72. The average molecular weight is 449 g/mol. The first kappa shape index (κ1) is 21.5. The van der Waals surface area contributed by atoms with Gasteiger partial charge in [0.2, 0.25) is 5.95 Å². The van der Waals surface area contributed by atoms with Crippen molar-refractivity contribution in [1.29, 1.82) is 0 Å². The third-order valence-electron chi connectivity index (χ3n) is 3.98. The Balaban J connectivity index is 1.82. The van der Waals surface area contributed by atoms with Gasteiger partial charge in [0.1, 0.15) is 10.6 Å². The summed E-state index contributed by atoms with van der Waals surface area (Å²) < 4.78 is 60.2. The Kier molecular flexibility index (Phi) is 5.94. The normalized spacial score (nSPS) is 11.7. The van der Waals surface area contributed by atoms with E-state index in [1.807, 2.05) is 0 Å². The first-order valence-corrected chi connectivity index (χ1v) is 11.7. The molecule has 0 bridgehead atoms. The number of sulfonamides is 2. The second kappa shape index (κ2) is 8.28. The lowest BCUT2D eigenvalue weighted by Gasteiger charge is -2.12. The predicted molar refractivity (Wildman–Crippen MR) is 113 cm³/mol. The van der Waals surface area contributed by atoms with Crippen molar-refractivity contribution in [1.82, 2.24) is 9.97 Å².